The molecule has 0 saturated carbocycles. The van der Waals surface area contributed by atoms with Crippen molar-refractivity contribution in [2.24, 2.45) is 0 Å². The maximum Gasteiger partial charge on any atom is 0.337 e. The van der Waals surface area contributed by atoms with Crippen molar-refractivity contribution in [1.29, 1.82) is 0 Å². The number of carboxylic acids is 1. The van der Waals surface area contributed by atoms with Crippen molar-refractivity contribution in [1.82, 2.24) is 19.3 Å². The summed E-state index contributed by atoms with van der Waals surface area (Å²) in [6.45, 7) is 2.47. The molecule has 8 heteroatoms. The Morgan fingerprint density at radius 1 is 1.19 bits per heavy atom. The average molecular weight is 439 g/mol. The molecular weight excluding hydrogens is 416 g/mol. The number of aromatic nitrogens is 4. The second kappa shape index (κ2) is 8.91. The average Bonchev–Trinajstić information content (AvgIpc) is 3.32. The number of aromatic carboxylic acids is 1. The highest BCUT2D eigenvalue weighted by Gasteiger charge is 2.16. The maximum atomic E-state index is 11.6. The number of benzene rings is 2. The van der Waals surface area contributed by atoms with Crippen molar-refractivity contribution < 1.29 is 15.0 Å². The van der Waals surface area contributed by atoms with Crippen LogP contribution in [0.15, 0.2) is 48.7 Å². The largest absolute Gasteiger partial charge is 0.478 e. The lowest BCUT2D eigenvalue weighted by Gasteiger charge is -2.11. The number of carboxylic acid groups (broad SMARTS) is 1. The molecule has 0 atom stereocenters. The molecule has 0 bridgehead atoms. The molecule has 0 aliphatic carbocycles. The Morgan fingerprint density at radius 2 is 2.00 bits per heavy atom. The number of rotatable bonds is 8. The molecule has 0 saturated heterocycles. The first-order chi connectivity index (χ1) is 15.0. The molecule has 2 N–H and O–H groups in total. The third-order valence-corrected chi connectivity index (χ3v) is 5.60. The summed E-state index contributed by atoms with van der Waals surface area (Å²) >= 11 is 6.25. The number of imidazole rings is 1. The van der Waals surface area contributed by atoms with Crippen molar-refractivity contribution >= 4 is 28.5 Å². The molecular formula is C23H23ClN4O3. The Morgan fingerprint density at radius 3 is 2.74 bits per heavy atom. The van der Waals surface area contributed by atoms with Gasteiger partial charge in [-0.3, -0.25) is 0 Å². The van der Waals surface area contributed by atoms with Gasteiger partial charge in [0.15, 0.2) is 5.15 Å². The third-order valence-electron chi connectivity index (χ3n) is 5.30. The number of carbonyl (C=O) groups is 1. The second-order valence-electron chi connectivity index (χ2n) is 7.40. The molecule has 4 aromatic rings. The van der Waals surface area contributed by atoms with Crippen LogP contribution in [0.4, 0.5) is 0 Å². The Bertz CT molecular complexity index is 1250. The predicted octanol–water partition coefficient (Wildman–Crippen LogP) is 4.46. The molecule has 160 valence electrons. The molecule has 0 aliphatic rings. The number of aliphatic hydroxyl groups is 1. The van der Waals surface area contributed by atoms with E-state index in [1.54, 1.807) is 28.9 Å². The molecule has 31 heavy (non-hydrogen) atoms. The van der Waals surface area contributed by atoms with Crippen molar-refractivity contribution in [3.05, 3.63) is 76.5 Å². The molecule has 0 unspecified atom stereocenters. The molecule has 0 fully saturated rings. The van der Waals surface area contributed by atoms with Gasteiger partial charge in [0, 0.05) is 24.5 Å². The van der Waals surface area contributed by atoms with E-state index in [0.29, 0.717) is 23.1 Å². The van der Waals surface area contributed by atoms with E-state index in [4.69, 9.17) is 11.6 Å². The van der Waals surface area contributed by atoms with Gasteiger partial charge in [0.1, 0.15) is 5.82 Å². The number of nitrogens with zero attached hydrogens (tertiary/aromatic N) is 4. The summed E-state index contributed by atoms with van der Waals surface area (Å²) in [5.74, 6) is -0.133. The van der Waals surface area contributed by atoms with Gasteiger partial charge in [-0.1, -0.05) is 43.1 Å². The first kappa shape index (κ1) is 21.1. The number of para-hydroxylation sites is 1. The minimum absolute atomic E-state index is 0.176. The SMILES string of the molecule is CCCCc1nc(Cl)c(CO)n1Cc1ccc2nn(-c3ccccc3C(=O)O)cc2c1. The van der Waals surface area contributed by atoms with Crippen molar-refractivity contribution in [2.45, 2.75) is 39.3 Å². The minimum atomic E-state index is -0.996. The molecule has 7 nitrogen and oxygen atoms in total. The van der Waals surface area contributed by atoms with Gasteiger partial charge in [-0.25, -0.2) is 14.5 Å². The second-order valence-corrected chi connectivity index (χ2v) is 7.76. The Balaban J connectivity index is 1.70. The summed E-state index contributed by atoms with van der Waals surface area (Å²) < 4.78 is 3.57. The highest BCUT2D eigenvalue weighted by atomic mass is 35.5. The van der Waals surface area contributed by atoms with Crippen LogP contribution in [0.1, 0.15) is 47.2 Å². The molecule has 0 amide bonds. The number of aryl methyl sites for hydroxylation is 1. The van der Waals surface area contributed by atoms with E-state index in [1.807, 2.05) is 29.0 Å². The Labute approximate surface area is 184 Å². The van der Waals surface area contributed by atoms with E-state index in [0.717, 1.165) is 41.6 Å². The zero-order valence-electron chi connectivity index (χ0n) is 17.1. The zero-order valence-corrected chi connectivity index (χ0v) is 17.9. The lowest BCUT2D eigenvalue weighted by Crippen LogP contribution is -2.09. The molecule has 0 spiro atoms. The summed E-state index contributed by atoms with van der Waals surface area (Å²) in [4.78, 5) is 16.0. The van der Waals surface area contributed by atoms with E-state index in [1.165, 1.54) is 0 Å². The van der Waals surface area contributed by atoms with Crippen LogP contribution in [-0.2, 0) is 19.6 Å². The first-order valence-corrected chi connectivity index (χ1v) is 10.5. The van der Waals surface area contributed by atoms with Gasteiger partial charge in [-0.15, -0.1) is 0 Å². The fraction of sp³-hybridized carbons (Fsp3) is 0.261. The lowest BCUT2D eigenvalue weighted by atomic mass is 10.1. The summed E-state index contributed by atoms with van der Waals surface area (Å²) in [7, 11) is 0. The van der Waals surface area contributed by atoms with Gasteiger partial charge in [-0.2, -0.15) is 5.10 Å². The number of hydrogen-bond acceptors (Lipinski definition) is 4. The first-order valence-electron chi connectivity index (χ1n) is 10.2. The topological polar surface area (TPSA) is 93.2 Å². The van der Waals surface area contributed by atoms with Crippen LogP contribution >= 0.6 is 11.6 Å². The third kappa shape index (κ3) is 4.19. The number of hydrogen-bond donors (Lipinski definition) is 2. The highest BCUT2D eigenvalue weighted by molar-refractivity contribution is 6.30. The van der Waals surface area contributed by atoms with Crippen LogP contribution < -0.4 is 0 Å². The Hall–Kier alpha value is -3.16. The smallest absolute Gasteiger partial charge is 0.337 e. The summed E-state index contributed by atoms with van der Waals surface area (Å²) in [6.07, 6.45) is 4.66. The van der Waals surface area contributed by atoms with Gasteiger partial charge in [0.25, 0.3) is 0 Å². The van der Waals surface area contributed by atoms with E-state index in [2.05, 4.69) is 17.0 Å². The van der Waals surface area contributed by atoms with Gasteiger partial charge in [-0.05, 0) is 36.2 Å². The number of unbranched alkanes of at least 4 members (excludes halogenated alkanes) is 1. The quantitative estimate of drug-likeness (QED) is 0.423. The molecule has 2 aromatic carbocycles. The molecule has 4 rings (SSSR count). The van der Waals surface area contributed by atoms with E-state index < -0.39 is 5.97 Å². The van der Waals surface area contributed by atoms with Crippen LogP contribution in [0.2, 0.25) is 5.15 Å². The number of fused-ring (bicyclic) bond motifs is 1. The molecule has 0 radical (unpaired) electrons. The standard InChI is InChI=1S/C23H23ClN4O3/c1-2-3-8-21-25-22(24)20(14-29)27(21)12-15-9-10-18-16(11-15)13-28(26-18)19-7-5-4-6-17(19)23(30)31/h4-7,9-11,13,29H,2-3,8,12,14H2,1H3,(H,30,31). The zero-order chi connectivity index (χ0) is 22.0. The normalized spacial score (nSPS) is 11.3. The summed E-state index contributed by atoms with van der Waals surface area (Å²) in [5.41, 5.74) is 3.09. The highest BCUT2D eigenvalue weighted by Crippen LogP contribution is 2.24. The van der Waals surface area contributed by atoms with E-state index >= 15 is 0 Å². The lowest BCUT2D eigenvalue weighted by molar-refractivity contribution is 0.0696. The van der Waals surface area contributed by atoms with Crippen LogP contribution in [0.25, 0.3) is 16.6 Å². The number of aliphatic hydroxyl groups excluding tert-OH is 1. The van der Waals surface area contributed by atoms with Gasteiger partial charge in [0.05, 0.1) is 29.1 Å². The summed E-state index contributed by atoms with van der Waals surface area (Å²) in [6, 6.07) is 12.7. The maximum absolute atomic E-state index is 11.6. The molecule has 2 heterocycles. The van der Waals surface area contributed by atoms with Crippen LogP contribution in [-0.4, -0.2) is 35.5 Å². The number of halogens is 1. The van der Waals surface area contributed by atoms with Gasteiger partial charge < -0.3 is 14.8 Å². The van der Waals surface area contributed by atoms with Gasteiger partial charge >= 0.3 is 5.97 Å². The fourth-order valence-electron chi connectivity index (χ4n) is 3.70. The van der Waals surface area contributed by atoms with E-state index in [-0.39, 0.29) is 12.2 Å². The molecule has 0 aliphatic heterocycles. The van der Waals surface area contributed by atoms with Crippen molar-refractivity contribution in [3.63, 3.8) is 0 Å². The van der Waals surface area contributed by atoms with E-state index in [9.17, 15) is 15.0 Å². The van der Waals surface area contributed by atoms with Gasteiger partial charge in [0.2, 0.25) is 0 Å². The predicted molar refractivity (Wildman–Crippen MR) is 119 cm³/mol. The minimum Gasteiger partial charge on any atom is -0.478 e. The van der Waals surface area contributed by atoms with Crippen molar-refractivity contribution in [3.8, 4) is 5.69 Å². The van der Waals surface area contributed by atoms with Crippen LogP contribution in [0, 0.1) is 0 Å². The monoisotopic (exact) mass is 438 g/mol. The molecule has 2 aromatic heterocycles. The fourth-order valence-corrected chi connectivity index (χ4v) is 3.96. The van der Waals surface area contributed by atoms with Crippen molar-refractivity contribution in [2.75, 3.05) is 0 Å². The van der Waals surface area contributed by atoms with Crippen LogP contribution in [0.3, 0.4) is 0 Å². The van der Waals surface area contributed by atoms with Crippen LogP contribution in [0.5, 0.6) is 0 Å². The Kier molecular flexibility index (Phi) is 6.06. The summed E-state index contributed by atoms with van der Waals surface area (Å²) in [5, 5.41) is 25.0.